The van der Waals surface area contributed by atoms with Crippen molar-refractivity contribution in [3.8, 4) is 0 Å². The Morgan fingerprint density at radius 2 is 2.16 bits per heavy atom. The Balaban J connectivity index is 1.58. The molecule has 0 aliphatic carbocycles. The lowest BCUT2D eigenvalue weighted by Crippen LogP contribution is -2.50. The number of fused-ring (bicyclic) bond motifs is 1. The van der Waals surface area contributed by atoms with Crippen molar-refractivity contribution in [3.63, 3.8) is 0 Å². The number of nitrogens with zero attached hydrogens (tertiary/aromatic N) is 2. The number of benzene rings is 1. The zero-order valence-electron chi connectivity index (χ0n) is 13.8. The van der Waals surface area contributed by atoms with Crippen molar-refractivity contribution in [2.24, 2.45) is 7.05 Å². The minimum Gasteiger partial charge on any atom is -0.351 e. The van der Waals surface area contributed by atoms with Crippen LogP contribution in [0.3, 0.4) is 0 Å². The van der Waals surface area contributed by atoms with E-state index in [1.54, 1.807) is 10.9 Å². The summed E-state index contributed by atoms with van der Waals surface area (Å²) in [5.74, 6) is -0.188. The zero-order valence-corrected chi connectivity index (χ0v) is 13.8. The molecule has 3 aromatic rings. The smallest absolute Gasteiger partial charge is 0.268 e. The number of piperidine rings is 1. The molecule has 7 nitrogen and oxygen atoms in total. The molecular formula is C18H19N5O2. The van der Waals surface area contributed by atoms with Gasteiger partial charge in [-0.15, -0.1) is 0 Å². The van der Waals surface area contributed by atoms with Crippen molar-refractivity contribution in [2.45, 2.75) is 24.9 Å². The van der Waals surface area contributed by atoms with Gasteiger partial charge in [0.15, 0.2) is 0 Å². The highest BCUT2D eigenvalue weighted by molar-refractivity contribution is 5.98. The lowest BCUT2D eigenvalue weighted by Gasteiger charge is -2.32. The molecular weight excluding hydrogens is 318 g/mol. The molecule has 25 heavy (non-hydrogen) atoms. The molecule has 0 saturated carbocycles. The number of para-hydroxylation sites is 1. The average molecular weight is 337 g/mol. The number of aromatic amines is 1. The summed E-state index contributed by atoms with van der Waals surface area (Å²) < 4.78 is 1.72. The second kappa shape index (κ2) is 6.08. The van der Waals surface area contributed by atoms with Gasteiger partial charge in [0.2, 0.25) is 5.91 Å². The topological polar surface area (TPSA) is 91.8 Å². The number of aryl methyl sites for hydroxylation is 1. The monoisotopic (exact) mass is 337 g/mol. The number of H-pyrrole nitrogens is 1. The minimum absolute atomic E-state index is 0.0117. The second-order valence-corrected chi connectivity index (χ2v) is 6.31. The molecule has 2 aromatic heterocycles. The van der Waals surface area contributed by atoms with Gasteiger partial charge in [0, 0.05) is 30.6 Å². The summed E-state index contributed by atoms with van der Waals surface area (Å²) in [5, 5.41) is 11.2. The van der Waals surface area contributed by atoms with E-state index in [0.717, 1.165) is 16.6 Å². The van der Waals surface area contributed by atoms with Crippen molar-refractivity contribution in [3.05, 3.63) is 54.0 Å². The van der Waals surface area contributed by atoms with E-state index in [0.29, 0.717) is 18.5 Å². The summed E-state index contributed by atoms with van der Waals surface area (Å²) in [6.45, 7) is 0. The Morgan fingerprint density at radius 3 is 2.92 bits per heavy atom. The van der Waals surface area contributed by atoms with Gasteiger partial charge in [-0.05, 0) is 24.6 Å². The summed E-state index contributed by atoms with van der Waals surface area (Å²) in [6, 6.07) is 11.0. The number of amides is 2. The van der Waals surface area contributed by atoms with Gasteiger partial charge in [-0.25, -0.2) is 0 Å². The zero-order chi connectivity index (χ0) is 17.4. The van der Waals surface area contributed by atoms with Crippen LogP contribution in [0.15, 0.2) is 42.6 Å². The van der Waals surface area contributed by atoms with E-state index in [4.69, 9.17) is 0 Å². The standard InChI is InChI=1S/C18H19N5O2/c1-23-15(8-9-19-23)17-13(6-7-16(24)22-17)21-18(25)14-10-11-4-2-3-5-12(11)20-14/h2-5,8-10,13,17,20H,6-7H2,1H3,(H,21,25)(H,22,24)/t13-,17-/m1/s1. The van der Waals surface area contributed by atoms with E-state index in [-0.39, 0.29) is 23.9 Å². The molecule has 0 unspecified atom stereocenters. The molecule has 2 atom stereocenters. The van der Waals surface area contributed by atoms with Crippen LogP contribution in [0.1, 0.15) is 35.1 Å². The summed E-state index contributed by atoms with van der Waals surface area (Å²) in [4.78, 5) is 27.7. The minimum atomic E-state index is -0.290. The Kier molecular flexibility index (Phi) is 3.76. The van der Waals surface area contributed by atoms with Gasteiger partial charge in [-0.3, -0.25) is 14.3 Å². The fraction of sp³-hybridized carbons (Fsp3) is 0.278. The van der Waals surface area contributed by atoms with Crippen molar-refractivity contribution < 1.29 is 9.59 Å². The van der Waals surface area contributed by atoms with E-state index in [1.165, 1.54) is 0 Å². The molecule has 1 saturated heterocycles. The highest BCUT2D eigenvalue weighted by atomic mass is 16.2. The van der Waals surface area contributed by atoms with Crippen LogP contribution in [-0.4, -0.2) is 32.6 Å². The summed E-state index contributed by atoms with van der Waals surface area (Å²) >= 11 is 0. The summed E-state index contributed by atoms with van der Waals surface area (Å²) in [7, 11) is 1.83. The fourth-order valence-corrected chi connectivity index (χ4v) is 3.37. The highest BCUT2D eigenvalue weighted by Crippen LogP contribution is 2.24. The molecule has 2 amide bonds. The van der Waals surface area contributed by atoms with Crippen LogP contribution in [0.4, 0.5) is 0 Å². The molecule has 4 rings (SSSR count). The van der Waals surface area contributed by atoms with E-state index in [9.17, 15) is 9.59 Å². The molecule has 128 valence electrons. The number of carbonyl (C=O) groups is 2. The number of nitrogens with one attached hydrogen (secondary N) is 3. The number of hydrogen-bond donors (Lipinski definition) is 3. The van der Waals surface area contributed by atoms with Crippen LogP contribution >= 0.6 is 0 Å². The van der Waals surface area contributed by atoms with Crippen molar-refractivity contribution >= 4 is 22.7 Å². The van der Waals surface area contributed by atoms with E-state index in [2.05, 4.69) is 20.7 Å². The molecule has 1 aliphatic heterocycles. The predicted octanol–water partition coefficient (Wildman–Crippen LogP) is 1.65. The van der Waals surface area contributed by atoms with Crippen molar-refractivity contribution in [1.82, 2.24) is 25.4 Å². The van der Waals surface area contributed by atoms with E-state index >= 15 is 0 Å². The Labute approximate surface area is 144 Å². The third kappa shape index (κ3) is 2.88. The first-order valence-electron chi connectivity index (χ1n) is 8.28. The normalized spacial score (nSPS) is 20.4. The van der Waals surface area contributed by atoms with Gasteiger partial charge < -0.3 is 15.6 Å². The first-order valence-corrected chi connectivity index (χ1v) is 8.28. The second-order valence-electron chi connectivity index (χ2n) is 6.31. The third-order valence-corrected chi connectivity index (χ3v) is 4.67. The van der Waals surface area contributed by atoms with Gasteiger partial charge in [0.25, 0.3) is 5.91 Å². The van der Waals surface area contributed by atoms with Gasteiger partial charge in [0.1, 0.15) is 5.69 Å². The quantitative estimate of drug-likeness (QED) is 0.678. The van der Waals surface area contributed by atoms with Crippen molar-refractivity contribution in [1.29, 1.82) is 0 Å². The SMILES string of the molecule is Cn1nccc1[C@@H]1NC(=O)CC[C@H]1NC(=O)c1cc2ccccc2[nH]1. The molecule has 0 radical (unpaired) electrons. The van der Waals surface area contributed by atoms with Crippen LogP contribution in [0, 0.1) is 0 Å². The Hall–Kier alpha value is -3.09. The van der Waals surface area contributed by atoms with E-state index < -0.39 is 0 Å². The van der Waals surface area contributed by atoms with Crippen LogP contribution in [0.5, 0.6) is 0 Å². The third-order valence-electron chi connectivity index (χ3n) is 4.67. The lowest BCUT2D eigenvalue weighted by atomic mass is 9.95. The first-order chi connectivity index (χ1) is 12.1. The molecule has 1 fully saturated rings. The number of rotatable bonds is 3. The average Bonchev–Trinajstić information content (AvgIpc) is 3.22. The fourth-order valence-electron chi connectivity index (χ4n) is 3.37. The van der Waals surface area contributed by atoms with Gasteiger partial charge in [0.05, 0.1) is 17.8 Å². The summed E-state index contributed by atoms with van der Waals surface area (Å²) in [6.07, 6.45) is 2.67. The molecule has 1 aromatic carbocycles. The molecule has 7 heteroatoms. The highest BCUT2D eigenvalue weighted by Gasteiger charge is 2.33. The summed E-state index contributed by atoms with van der Waals surface area (Å²) in [5.41, 5.74) is 2.31. The van der Waals surface area contributed by atoms with Crippen molar-refractivity contribution in [2.75, 3.05) is 0 Å². The lowest BCUT2D eigenvalue weighted by molar-refractivity contribution is -0.123. The number of hydrogen-bond acceptors (Lipinski definition) is 3. The van der Waals surface area contributed by atoms with Gasteiger partial charge in [-0.1, -0.05) is 18.2 Å². The van der Waals surface area contributed by atoms with E-state index in [1.807, 2.05) is 43.4 Å². The molecule has 3 N–H and O–H groups in total. The van der Waals surface area contributed by atoms with Crippen LogP contribution in [0.25, 0.3) is 10.9 Å². The largest absolute Gasteiger partial charge is 0.351 e. The first kappa shape index (κ1) is 15.4. The molecule has 3 heterocycles. The molecule has 0 bridgehead atoms. The number of carbonyl (C=O) groups excluding carboxylic acids is 2. The van der Waals surface area contributed by atoms with Crippen LogP contribution in [0.2, 0.25) is 0 Å². The van der Waals surface area contributed by atoms with Crippen LogP contribution < -0.4 is 10.6 Å². The van der Waals surface area contributed by atoms with Gasteiger partial charge >= 0.3 is 0 Å². The number of aromatic nitrogens is 3. The van der Waals surface area contributed by atoms with Gasteiger partial charge in [-0.2, -0.15) is 5.10 Å². The molecule has 1 aliphatic rings. The maximum absolute atomic E-state index is 12.7. The Bertz CT molecular complexity index is 909. The maximum atomic E-state index is 12.7. The Morgan fingerprint density at radius 1 is 1.32 bits per heavy atom. The molecule has 0 spiro atoms. The predicted molar refractivity (Wildman–Crippen MR) is 92.9 cm³/mol. The van der Waals surface area contributed by atoms with Crippen LogP contribution in [-0.2, 0) is 11.8 Å². The maximum Gasteiger partial charge on any atom is 0.268 e.